The second kappa shape index (κ2) is 12.2. The third-order valence-electron chi connectivity index (χ3n) is 10.2. The summed E-state index contributed by atoms with van der Waals surface area (Å²) in [4.78, 5) is 0. The van der Waals surface area contributed by atoms with Gasteiger partial charge in [-0.1, -0.05) is 200 Å². The lowest BCUT2D eigenvalue weighted by Crippen LogP contribution is -2.74. The molecular weight excluding hydrogens is 605 g/mol. The molecule has 0 aliphatic rings. The molecule has 0 nitrogen and oxygen atoms in total. The van der Waals surface area contributed by atoms with E-state index in [1.54, 1.807) is 0 Å². The highest BCUT2D eigenvalue weighted by atomic mass is 28.3. The summed E-state index contributed by atoms with van der Waals surface area (Å²) in [5, 5.41) is 13.1. The van der Waals surface area contributed by atoms with Gasteiger partial charge >= 0.3 is 0 Å². The van der Waals surface area contributed by atoms with Crippen LogP contribution in [-0.4, -0.2) is 8.07 Å². The Morgan fingerprint density at radius 1 is 0.245 bits per heavy atom. The van der Waals surface area contributed by atoms with Gasteiger partial charge in [0, 0.05) is 0 Å². The molecule has 0 aliphatic heterocycles. The molecule has 0 aromatic heterocycles. The normalized spacial score (nSPS) is 11.7. The molecule has 0 N–H and O–H groups in total. The van der Waals surface area contributed by atoms with Crippen LogP contribution in [0.4, 0.5) is 0 Å². The van der Waals surface area contributed by atoms with E-state index in [0.29, 0.717) is 0 Å². The minimum absolute atomic E-state index is 1.23. The van der Waals surface area contributed by atoms with Crippen molar-refractivity contribution in [2.45, 2.75) is 0 Å². The predicted molar refractivity (Wildman–Crippen MR) is 213 cm³/mol. The first-order valence-electron chi connectivity index (χ1n) is 17.0. The number of benzene rings is 9. The maximum absolute atomic E-state index is 2.61. The standard InChI is InChI=1S/C48H34Si/c1-4-18-39(19-5-1)49(40-20-6-2-7-21-40,41-22-8-3-9-23-41)42-32-30-36(31-33-42)47-43-24-12-14-26-45(43)48(46-27-15-13-25-44(46)47)38-29-28-35-16-10-11-17-37(35)34-38/h1-34H. The fourth-order valence-electron chi connectivity index (χ4n) is 8.05. The molecule has 9 aromatic carbocycles. The lowest BCUT2D eigenvalue weighted by molar-refractivity contribution is 1.65. The lowest BCUT2D eigenvalue weighted by atomic mass is 9.85. The minimum atomic E-state index is -2.61. The Labute approximate surface area is 288 Å². The smallest absolute Gasteiger partial charge is 0.0623 e. The summed E-state index contributed by atoms with van der Waals surface area (Å²) in [6.07, 6.45) is 0. The van der Waals surface area contributed by atoms with Crippen LogP contribution in [0.25, 0.3) is 54.6 Å². The Hall–Kier alpha value is -6.02. The molecule has 0 saturated heterocycles. The number of hydrogen-bond acceptors (Lipinski definition) is 0. The van der Waals surface area contributed by atoms with Crippen molar-refractivity contribution in [3.63, 3.8) is 0 Å². The number of rotatable bonds is 6. The van der Waals surface area contributed by atoms with Crippen molar-refractivity contribution in [3.8, 4) is 22.3 Å². The molecule has 0 fully saturated rings. The zero-order chi connectivity index (χ0) is 32.6. The van der Waals surface area contributed by atoms with Gasteiger partial charge in [-0.25, -0.2) is 0 Å². The van der Waals surface area contributed by atoms with Crippen LogP contribution in [0, 0.1) is 0 Å². The van der Waals surface area contributed by atoms with Crippen LogP contribution in [-0.2, 0) is 0 Å². The van der Waals surface area contributed by atoms with Gasteiger partial charge in [-0.3, -0.25) is 0 Å². The van der Waals surface area contributed by atoms with Crippen molar-refractivity contribution in [1.82, 2.24) is 0 Å². The largest absolute Gasteiger partial charge is 0.179 e. The van der Waals surface area contributed by atoms with Crippen molar-refractivity contribution >= 4 is 61.1 Å². The highest BCUT2D eigenvalue weighted by Crippen LogP contribution is 2.43. The Kier molecular flexibility index (Phi) is 7.26. The zero-order valence-electron chi connectivity index (χ0n) is 27.1. The van der Waals surface area contributed by atoms with Gasteiger partial charge < -0.3 is 0 Å². The summed E-state index contributed by atoms with van der Waals surface area (Å²) in [7, 11) is -2.61. The van der Waals surface area contributed by atoms with Crippen molar-refractivity contribution in [2.75, 3.05) is 0 Å². The van der Waals surface area contributed by atoms with Crippen LogP contribution in [0.3, 0.4) is 0 Å². The molecule has 0 unspecified atom stereocenters. The first-order valence-corrected chi connectivity index (χ1v) is 19.0. The molecule has 230 valence electrons. The quantitative estimate of drug-likeness (QED) is 0.0966. The Balaban J connectivity index is 1.29. The number of hydrogen-bond donors (Lipinski definition) is 0. The molecule has 0 aliphatic carbocycles. The van der Waals surface area contributed by atoms with Crippen LogP contribution in [0.15, 0.2) is 206 Å². The fraction of sp³-hybridized carbons (Fsp3) is 0. The maximum Gasteiger partial charge on any atom is 0.179 e. The molecule has 0 spiro atoms. The summed E-state index contributed by atoms with van der Waals surface area (Å²) < 4.78 is 0. The molecule has 0 saturated carbocycles. The zero-order valence-corrected chi connectivity index (χ0v) is 28.1. The summed E-state index contributed by atoms with van der Waals surface area (Å²) in [6.45, 7) is 0. The van der Waals surface area contributed by atoms with Gasteiger partial charge in [0.15, 0.2) is 8.07 Å². The molecule has 1 heteroatoms. The van der Waals surface area contributed by atoms with Crippen LogP contribution >= 0.6 is 0 Å². The Morgan fingerprint density at radius 2 is 0.592 bits per heavy atom. The van der Waals surface area contributed by atoms with E-state index in [9.17, 15) is 0 Å². The first-order chi connectivity index (χ1) is 24.3. The topological polar surface area (TPSA) is 0 Å². The molecule has 9 aromatic rings. The molecule has 49 heavy (non-hydrogen) atoms. The average Bonchev–Trinajstić information content (AvgIpc) is 3.19. The monoisotopic (exact) mass is 638 g/mol. The van der Waals surface area contributed by atoms with E-state index in [1.807, 2.05) is 0 Å². The molecule has 0 heterocycles. The van der Waals surface area contributed by atoms with Gasteiger partial charge in [-0.2, -0.15) is 0 Å². The first kappa shape index (κ1) is 29.1. The SMILES string of the molecule is c1ccc([Si](c2ccccc2)(c2ccccc2)c2ccc(-c3c4ccccc4c(-c4ccc5ccccc5c4)c4ccccc34)cc2)cc1. The van der Waals surface area contributed by atoms with Crippen molar-refractivity contribution in [1.29, 1.82) is 0 Å². The minimum Gasteiger partial charge on any atom is -0.0623 e. The Morgan fingerprint density at radius 3 is 1.06 bits per heavy atom. The summed E-state index contributed by atoms with van der Waals surface area (Å²) in [6, 6.07) is 76.4. The molecular formula is C48H34Si. The summed E-state index contributed by atoms with van der Waals surface area (Å²) >= 11 is 0. The Bertz CT molecular complexity index is 2420. The van der Waals surface area contributed by atoms with Gasteiger partial charge in [0.1, 0.15) is 0 Å². The molecule has 0 radical (unpaired) electrons. The van der Waals surface area contributed by atoms with Gasteiger partial charge in [0.25, 0.3) is 0 Å². The summed E-state index contributed by atoms with van der Waals surface area (Å²) in [5.74, 6) is 0. The van der Waals surface area contributed by atoms with E-state index in [0.717, 1.165) is 0 Å². The van der Waals surface area contributed by atoms with Crippen LogP contribution in [0.5, 0.6) is 0 Å². The number of fused-ring (bicyclic) bond motifs is 3. The lowest BCUT2D eigenvalue weighted by Gasteiger charge is -2.34. The van der Waals surface area contributed by atoms with E-state index in [4.69, 9.17) is 0 Å². The summed E-state index contributed by atoms with van der Waals surface area (Å²) in [5.41, 5.74) is 5.06. The van der Waals surface area contributed by atoms with Gasteiger partial charge in [0.05, 0.1) is 0 Å². The van der Waals surface area contributed by atoms with Gasteiger partial charge in [0.2, 0.25) is 0 Å². The highest BCUT2D eigenvalue weighted by Gasteiger charge is 2.41. The van der Waals surface area contributed by atoms with E-state index < -0.39 is 8.07 Å². The third kappa shape index (κ3) is 4.82. The van der Waals surface area contributed by atoms with Crippen molar-refractivity contribution < 1.29 is 0 Å². The van der Waals surface area contributed by atoms with Crippen molar-refractivity contribution in [2.24, 2.45) is 0 Å². The van der Waals surface area contributed by atoms with E-state index in [2.05, 4.69) is 206 Å². The fourth-order valence-corrected chi connectivity index (χ4v) is 12.8. The predicted octanol–water partition coefficient (Wildman–Crippen LogP) is 9.86. The van der Waals surface area contributed by atoms with Crippen LogP contribution in [0.1, 0.15) is 0 Å². The maximum atomic E-state index is 2.41. The molecule has 9 rings (SSSR count). The highest BCUT2D eigenvalue weighted by molar-refractivity contribution is 7.19. The van der Waals surface area contributed by atoms with Gasteiger partial charge in [-0.05, 0) is 81.4 Å². The van der Waals surface area contributed by atoms with Crippen LogP contribution in [0.2, 0.25) is 0 Å². The second-order valence-electron chi connectivity index (χ2n) is 12.8. The van der Waals surface area contributed by atoms with Gasteiger partial charge in [-0.15, -0.1) is 0 Å². The second-order valence-corrected chi connectivity index (χ2v) is 16.6. The van der Waals surface area contributed by atoms with Crippen molar-refractivity contribution in [3.05, 3.63) is 206 Å². The van der Waals surface area contributed by atoms with E-state index in [-0.39, 0.29) is 0 Å². The molecule has 0 atom stereocenters. The van der Waals surface area contributed by atoms with E-state index >= 15 is 0 Å². The molecule has 0 amide bonds. The van der Waals surface area contributed by atoms with E-state index in [1.165, 1.54) is 75.3 Å². The molecule has 0 bridgehead atoms. The van der Waals surface area contributed by atoms with Crippen LogP contribution < -0.4 is 20.7 Å². The average molecular weight is 639 g/mol. The third-order valence-corrected chi connectivity index (χ3v) is 15.0.